The monoisotopic (exact) mass is 487 g/mol. The Hall–Kier alpha value is -2.63. The van der Waals surface area contributed by atoms with E-state index in [0.29, 0.717) is 18.1 Å². The Balaban J connectivity index is 1.40. The average Bonchev–Trinajstić information content (AvgIpc) is 3.19. The van der Waals surface area contributed by atoms with Gasteiger partial charge in [-0.1, -0.05) is 49.6 Å². The highest BCUT2D eigenvalue weighted by atomic mass is 16.5. The highest BCUT2D eigenvalue weighted by molar-refractivity contribution is 5.94. The number of ether oxygens (including phenoxy) is 1. The van der Waals surface area contributed by atoms with Gasteiger partial charge in [0, 0.05) is 43.3 Å². The first-order chi connectivity index (χ1) is 17.7. The number of hydrogen-bond donors (Lipinski definition) is 1. The first-order valence-electron chi connectivity index (χ1n) is 13.8. The van der Waals surface area contributed by atoms with Crippen molar-refractivity contribution in [3.63, 3.8) is 0 Å². The van der Waals surface area contributed by atoms with Crippen LogP contribution in [0, 0.1) is 0 Å². The summed E-state index contributed by atoms with van der Waals surface area (Å²) in [7, 11) is 1.73. The lowest BCUT2D eigenvalue weighted by molar-refractivity contribution is 0.0927. The van der Waals surface area contributed by atoms with Crippen LogP contribution in [-0.4, -0.2) is 60.6 Å². The number of rotatable bonds is 8. The summed E-state index contributed by atoms with van der Waals surface area (Å²) in [5.74, 6) is 0.934. The Morgan fingerprint density at radius 2 is 1.81 bits per heavy atom. The number of amides is 1. The molecule has 2 aromatic rings. The van der Waals surface area contributed by atoms with Gasteiger partial charge in [-0.25, -0.2) is 0 Å². The summed E-state index contributed by atoms with van der Waals surface area (Å²) in [6.45, 7) is 7.07. The molecular weight excluding hydrogens is 446 g/mol. The van der Waals surface area contributed by atoms with Gasteiger partial charge in [0.15, 0.2) is 0 Å². The van der Waals surface area contributed by atoms with Crippen molar-refractivity contribution in [2.75, 3.05) is 26.7 Å². The van der Waals surface area contributed by atoms with E-state index in [1.165, 1.54) is 49.7 Å². The van der Waals surface area contributed by atoms with Crippen molar-refractivity contribution in [3.8, 4) is 5.75 Å². The van der Waals surface area contributed by atoms with E-state index in [1.807, 2.05) is 18.2 Å². The van der Waals surface area contributed by atoms with Crippen LogP contribution in [0.2, 0.25) is 0 Å². The Labute approximate surface area is 216 Å². The number of fused-ring (bicyclic) bond motifs is 2. The minimum absolute atomic E-state index is 0.0542. The van der Waals surface area contributed by atoms with Crippen molar-refractivity contribution in [2.45, 2.75) is 75.5 Å². The van der Waals surface area contributed by atoms with Crippen LogP contribution in [0.15, 0.2) is 61.2 Å². The molecule has 0 spiro atoms. The molecular formula is C31H41N3O2. The molecule has 0 aromatic heterocycles. The molecule has 192 valence electrons. The topological polar surface area (TPSA) is 44.8 Å². The van der Waals surface area contributed by atoms with Crippen molar-refractivity contribution >= 4 is 5.91 Å². The van der Waals surface area contributed by atoms with E-state index in [4.69, 9.17) is 4.74 Å². The Bertz CT molecular complexity index is 1030. The molecule has 36 heavy (non-hydrogen) atoms. The van der Waals surface area contributed by atoms with E-state index >= 15 is 0 Å². The van der Waals surface area contributed by atoms with E-state index in [2.05, 4.69) is 58.1 Å². The smallest absolute Gasteiger partial charge is 0.251 e. The average molecular weight is 488 g/mol. The number of nitrogens with zero attached hydrogens (tertiary/aromatic N) is 2. The summed E-state index contributed by atoms with van der Waals surface area (Å²) in [6, 6.07) is 18.5. The minimum Gasteiger partial charge on any atom is -0.497 e. The van der Waals surface area contributed by atoms with Gasteiger partial charge in [-0.05, 0) is 67.5 Å². The third-order valence-corrected chi connectivity index (χ3v) is 8.51. The van der Waals surface area contributed by atoms with E-state index in [1.54, 1.807) is 7.11 Å². The maximum atomic E-state index is 12.9. The van der Waals surface area contributed by atoms with Gasteiger partial charge in [0.05, 0.1) is 13.2 Å². The zero-order valence-electron chi connectivity index (χ0n) is 21.7. The Morgan fingerprint density at radius 1 is 1.03 bits per heavy atom. The highest BCUT2D eigenvalue weighted by Gasteiger charge is 2.38. The van der Waals surface area contributed by atoms with Gasteiger partial charge in [-0.3, -0.25) is 14.6 Å². The number of carbonyl (C=O) groups excluding carboxylic acids is 1. The Morgan fingerprint density at radius 3 is 2.56 bits per heavy atom. The molecule has 3 atom stereocenters. The van der Waals surface area contributed by atoms with Crippen LogP contribution in [0.5, 0.6) is 5.75 Å². The second-order valence-corrected chi connectivity index (χ2v) is 10.8. The lowest BCUT2D eigenvalue weighted by Crippen LogP contribution is -2.40. The summed E-state index contributed by atoms with van der Waals surface area (Å²) >= 11 is 0. The lowest BCUT2D eigenvalue weighted by Gasteiger charge is -2.34. The third-order valence-electron chi connectivity index (χ3n) is 8.51. The standard InChI is InChI=1S/C31H41N3O2/c1-3-19-34-27-16-17-28(34)22-33(20-18-27)30(25-8-7-11-29(21-25)36-2)23-12-14-24(15-13-23)31(35)32-26-9-5-4-6-10-26/h3,7-8,11-15,21,26-28,30H,1,4-6,9-10,16-20,22H2,2H3,(H,32,35). The highest BCUT2D eigenvalue weighted by Crippen LogP contribution is 2.37. The second kappa shape index (κ2) is 11.6. The summed E-state index contributed by atoms with van der Waals surface area (Å²) in [6.07, 6.45) is 11.7. The molecule has 1 N–H and O–H groups in total. The van der Waals surface area contributed by atoms with Crippen LogP contribution >= 0.6 is 0 Å². The Kier molecular flexibility index (Phi) is 8.08. The maximum absolute atomic E-state index is 12.9. The summed E-state index contributed by atoms with van der Waals surface area (Å²) < 4.78 is 5.58. The number of nitrogens with one attached hydrogen (secondary N) is 1. The molecule has 5 heteroatoms. The normalized spacial score (nSPS) is 24.1. The molecule has 2 aromatic carbocycles. The molecule has 1 aliphatic carbocycles. The molecule has 2 saturated heterocycles. The van der Waals surface area contributed by atoms with E-state index in [0.717, 1.165) is 43.8 Å². The molecule has 2 heterocycles. The van der Waals surface area contributed by atoms with Crippen LogP contribution < -0.4 is 10.1 Å². The fourth-order valence-corrected chi connectivity index (χ4v) is 6.64. The minimum atomic E-state index is 0.0542. The number of carbonyl (C=O) groups is 1. The van der Waals surface area contributed by atoms with Crippen LogP contribution in [0.4, 0.5) is 0 Å². The first kappa shape index (κ1) is 25.0. The van der Waals surface area contributed by atoms with Gasteiger partial charge in [0.1, 0.15) is 5.75 Å². The maximum Gasteiger partial charge on any atom is 0.251 e. The molecule has 3 aliphatic rings. The first-order valence-corrected chi connectivity index (χ1v) is 13.8. The van der Waals surface area contributed by atoms with Crippen molar-refractivity contribution in [2.24, 2.45) is 0 Å². The number of methoxy groups -OCH3 is 1. The quantitative estimate of drug-likeness (QED) is 0.495. The summed E-state index contributed by atoms with van der Waals surface area (Å²) in [5, 5.41) is 3.26. The molecule has 5 rings (SSSR count). The predicted molar refractivity (Wildman–Crippen MR) is 146 cm³/mol. The molecule has 5 nitrogen and oxygen atoms in total. The lowest BCUT2D eigenvalue weighted by atomic mass is 9.93. The summed E-state index contributed by atoms with van der Waals surface area (Å²) in [5.41, 5.74) is 3.22. The van der Waals surface area contributed by atoms with E-state index in [9.17, 15) is 4.79 Å². The zero-order valence-corrected chi connectivity index (χ0v) is 21.7. The number of hydrogen-bond acceptors (Lipinski definition) is 4. The molecule has 2 aliphatic heterocycles. The zero-order chi connectivity index (χ0) is 24.9. The molecule has 3 fully saturated rings. The van der Waals surface area contributed by atoms with Crippen LogP contribution in [0.1, 0.15) is 78.9 Å². The molecule has 3 unspecified atom stereocenters. The second-order valence-electron chi connectivity index (χ2n) is 10.8. The summed E-state index contributed by atoms with van der Waals surface area (Å²) in [4.78, 5) is 18.2. The van der Waals surface area contributed by atoms with E-state index in [-0.39, 0.29) is 11.9 Å². The third kappa shape index (κ3) is 5.52. The van der Waals surface area contributed by atoms with Crippen molar-refractivity contribution in [3.05, 3.63) is 77.9 Å². The predicted octanol–water partition coefficient (Wildman–Crippen LogP) is 5.57. The van der Waals surface area contributed by atoms with Crippen LogP contribution in [0.25, 0.3) is 0 Å². The van der Waals surface area contributed by atoms with Gasteiger partial charge >= 0.3 is 0 Å². The van der Waals surface area contributed by atoms with E-state index < -0.39 is 0 Å². The number of benzene rings is 2. The molecule has 2 bridgehead atoms. The van der Waals surface area contributed by atoms with Crippen LogP contribution in [-0.2, 0) is 0 Å². The van der Waals surface area contributed by atoms with Gasteiger partial charge in [-0.2, -0.15) is 0 Å². The number of likely N-dealkylation sites (tertiary alicyclic amines) is 1. The molecule has 0 radical (unpaired) electrons. The van der Waals surface area contributed by atoms with Crippen LogP contribution in [0.3, 0.4) is 0 Å². The van der Waals surface area contributed by atoms with Crippen molar-refractivity contribution in [1.82, 2.24) is 15.1 Å². The fraction of sp³-hybridized carbons (Fsp3) is 0.516. The van der Waals surface area contributed by atoms with Gasteiger partial charge in [0.2, 0.25) is 0 Å². The SMILES string of the molecule is C=CCN1C2CCC1CN(C(c1ccc(C(=O)NC3CCCCC3)cc1)c1cccc(OC)c1)CC2. The molecule has 1 amide bonds. The molecule has 1 saturated carbocycles. The fourth-order valence-electron chi connectivity index (χ4n) is 6.64. The van der Waals surface area contributed by atoms with Crippen molar-refractivity contribution < 1.29 is 9.53 Å². The van der Waals surface area contributed by atoms with Gasteiger partial charge in [0.25, 0.3) is 5.91 Å². The van der Waals surface area contributed by atoms with Gasteiger partial charge in [-0.15, -0.1) is 6.58 Å². The van der Waals surface area contributed by atoms with Crippen molar-refractivity contribution in [1.29, 1.82) is 0 Å². The van der Waals surface area contributed by atoms with Gasteiger partial charge < -0.3 is 10.1 Å². The largest absolute Gasteiger partial charge is 0.497 e.